The molecule has 0 amide bonds. The number of carbonyl (C=O) groups is 2. The Labute approximate surface area is 160 Å². The molecule has 5 aromatic carbocycles. The van der Waals surface area contributed by atoms with E-state index in [2.05, 4.69) is 0 Å². The highest BCUT2D eigenvalue weighted by Crippen LogP contribution is 2.41. The Morgan fingerprint density at radius 2 is 1.18 bits per heavy atom. The van der Waals surface area contributed by atoms with E-state index in [0.717, 1.165) is 43.1 Å². The van der Waals surface area contributed by atoms with Crippen LogP contribution in [0.2, 0.25) is 0 Å². The first-order valence-corrected chi connectivity index (χ1v) is 9.14. The minimum atomic E-state index is -0.939. The molecule has 28 heavy (non-hydrogen) atoms. The number of carboxylic acid groups (broad SMARTS) is 1. The minimum Gasteiger partial charge on any atom is -0.478 e. The maximum absolute atomic E-state index is 12.5. The topological polar surface area (TPSA) is 63.6 Å². The highest BCUT2D eigenvalue weighted by Gasteiger charge is 2.19. The molecule has 0 heterocycles. The third kappa shape index (κ3) is 2.12. The quantitative estimate of drug-likeness (QED) is 0.255. The first-order chi connectivity index (χ1) is 13.6. The second-order valence-electron chi connectivity index (χ2n) is 6.80. The van der Waals surface area contributed by atoms with Crippen molar-refractivity contribution >= 4 is 55.0 Å². The summed E-state index contributed by atoms with van der Waals surface area (Å²) < 4.78 is 5.23. The summed E-state index contributed by atoms with van der Waals surface area (Å²) in [7, 11) is 0. The first-order valence-electron chi connectivity index (χ1n) is 9.14. The SMILES string of the molecule is CCOC(=O)c1ccc2c3cccc4c(C(=O)O)ccc(c5cccc1c52)c43. The molecule has 5 aromatic rings. The van der Waals surface area contributed by atoms with Gasteiger partial charge in [0.1, 0.15) is 0 Å². The number of aromatic carboxylic acids is 1. The van der Waals surface area contributed by atoms with Crippen LogP contribution in [0, 0.1) is 0 Å². The molecular formula is C24H16O4. The van der Waals surface area contributed by atoms with E-state index in [0.29, 0.717) is 17.7 Å². The maximum atomic E-state index is 12.5. The summed E-state index contributed by atoms with van der Waals surface area (Å²) in [5.41, 5.74) is 0.833. The minimum absolute atomic E-state index is 0.291. The second-order valence-corrected chi connectivity index (χ2v) is 6.80. The third-order valence-electron chi connectivity index (χ3n) is 5.39. The predicted molar refractivity (Wildman–Crippen MR) is 111 cm³/mol. The van der Waals surface area contributed by atoms with Gasteiger partial charge < -0.3 is 9.84 Å². The van der Waals surface area contributed by atoms with Gasteiger partial charge >= 0.3 is 11.9 Å². The van der Waals surface area contributed by atoms with Gasteiger partial charge in [0.05, 0.1) is 17.7 Å². The van der Waals surface area contributed by atoms with Crippen LogP contribution in [-0.4, -0.2) is 23.7 Å². The largest absolute Gasteiger partial charge is 0.478 e. The Bertz CT molecular complexity index is 1390. The zero-order valence-corrected chi connectivity index (χ0v) is 15.2. The number of hydrogen-bond acceptors (Lipinski definition) is 3. The van der Waals surface area contributed by atoms with E-state index < -0.39 is 5.97 Å². The van der Waals surface area contributed by atoms with Gasteiger partial charge in [-0.2, -0.15) is 0 Å². The molecular weight excluding hydrogens is 352 g/mol. The summed E-state index contributed by atoms with van der Waals surface area (Å²) in [5.74, 6) is -1.28. The highest BCUT2D eigenvalue weighted by molar-refractivity contribution is 6.35. The third-order valence-corrected chi connectivity index (χ3v) is 5.39. The molecule has 1 N–H and O–H groups in total. The lowest BCUT2D eigenvalue weighted by Crippen LogP contribution is -2.05. The van der Waals surface area contributed by atoms with Gasteiger partial charge in [0.2, 0.25) is 0 Å². The molecule has 0 radical (unpaired) electrons. The molecule has 4 nitrogen and oxygen atoms in total. The second kappa shape index (κ2) is 5.92. The number of benzene rings is 5. The van der Waals surface area contributed by atoms with Gasteiger partial charge in [0.15, 0.2) is 0 Å². The molecule has 0 spiro atoms. The van der Waals surface area contributed by atoms with Crippen LogP contribution in [-0.2, 0) is 4.74 Å². The summed E-state index contributed by atoms with van der Waals surface area (Å²) in [5, 5.41) is 17.1. The number of ether oxygens (including phenoxy) is 1. The van der Waals surface area contributed by atoms with Crippen molar-refractivity contribution in [2.75, 3.05) is 6.61 Å². The zero-order chi connectivity index (χ0) is 19.4. The van der Waals surface area contributed by atoms with Crippen LogP contribution in [0.5, 0.6) is 0 Å². The van der Waals surface area contributed by atoms with Crippen molar-refractivity contribution in [1.29, 1.82) is 0 Å². The van der Waals surface area contributed by atoms with E-state index in [1.54, 1.807) is 19.1 Å². The molecule has 0 saturated heterocycles. The van der Waals surface area contributed by atoms with Crippen molar-refractivity contribution in [2.45, 2.75) is 6.92 Å². The lowest BCUT2D eigenvalue weighted by Gasteiger charge is -2.16. The van der Waals surface area contributed by atoms with Crippen molar-refractivity contribution in [3.05, 3.63) is 71.8 Å². The summed E-state index contributed by atoms with van der Waals surface area (Å²) in [6.45, 7) is 2.11. The summed E-state index contributed by atoms with van der Waals surface area (Å²) >= 11 is 0. The zero-order valence-electron chi connectivity index (χ0n) is 15.2. The van der Waals surface area contributed by atoms with E-state index in [9.17, 15) is 14.7 Å². The average molecular weight is 368 g/mol. The number of fused-ring (bicyclic) bond motifs is 2. The van der Waals surface area contributed by atoms with Crippen LogP contribution in [0.4, 0.5) is 0 Å². The summed E-state index contributed by atoms with van der Waals surface area (Å²) in [6.07, 6.45) is 0. The highest BCUT2D eigenvalue weighted by atomic mass is 16.5. The van der Waals surface area contributed by atoms with Crippen molar-refractivity contribution < 1.29 is 19.4 Å². The fraction of sp³-hybridized carbons (Fsp3) is 0.0833. The van der Waals surface area contributed by atoms with E-state index in [1.807, 2.05) is 48.5 Å². The number of carboxylic acids is 1. The summed E-state index contributed by atoms with van der Waals surface area (Å²) in [6, 6.07) is 18.9. The molecule has 0 unspecified atom stereocenters. The van der Waals surface area contributed by atoms with Crippen LogP contribution in [0.3, 0.4) is 0 Å². The Morgan fingerprint density at radius 1 is 0.714 bits per heavy atom. The lowest BCUT2D eigenvalue weighted by molar-refractivity contribution is 0.0528. The maximum Gasteiger partial charge on any atom is 0.338 e. The van der Waals surface area contributed by atoms with Crippen molar-refractivity contribution in [1.82, 2.24) is 0 Å². The van der Waals surface area contributed by atoms with E-state index >= 15 is 0 Å². The van der Waals surface area contributed by atoms with Gasteiger partial charge in [-0.1, -0.05) is 48.5 Å². The Hall–Kier alpha value is -3.66. The number of rotatable bonds is 3. The number of hydrogen-bond donors (Lipinski definition) is 1. The molecule has 136 valence electrons. The molecule has 0 aliphatic heterocycles. The van der Waals surface area contributed by atoms with Gasteiger partial charge in [-0.3, -0.25) is 0 Å². The van der Waals surface area contributed by atoms with Gasteiger partial charge in [0.25, 0.3) is 0 Å². The van der Waals surface area contributed by atoms with Crippen molar-refractivity contribution in [3.8, 4) is 0 Å². The number of esters is 1. The fourth-order valence-electron chi connectivity index (χ4n) is 4.28. The smallest absolute Gasteiger partial charge is 0.338 e. The van der Waals surface area contributed by atoms with Gasteiger partial charge in [-0.25, -0.2) is 9.59 Å². The van der Waals surface area contributed by atoms with Crippen LogP contribution in [0.1, 0.15) is 27.6 Å². The molecule has 0 aromatic heterocycles. The van der Waals surface area contributed by atoms with Crippen LogP contribution < -0.4 is 0 Å². The van der Waals surface area contributed by atoms with Gasteiger partial charge in [0, 0.05) is 0 Å². The van der Waals surface area contributed by atoms with Crippen LogP contribution >= 0.6 is 0 Å². The molecule has 0 aliphatic rings. The summed E-state index contributed by atoms with van der Waals surface area (Å²) in [4.78, 5) is 24.2. The van der Waals surface area contributed by atoms with E-state index in [4.69, 9.17) is 4.74 Å². The Kier molecular flexibility index (Phi) is 3.49. The molecule has 0 aliphatic carbocycles. The fourth-order valence-corrected chi connectivity index (χ4v) is 4.28. The Morgan fingerprint density at radius 3 is 1.71 bits per heavy atom. The van der Waals surface area contributed by atoms with Gasteiger partial charge in [-0.15, -0.1) is 0 Å². The predicted octanol–water partition coefficient (Wildman–Crippen LogP) is 5.61. The molecule has 0 bridgehead atoms. The monoisotopic (exact) mass is 368 g/mol. The van der Waals surface area contributed by atoms with E-state index in [-0.39, 0.29) is 5.97 Å². The molecule has 0 fully saturated rings. The Balaban J connectivity index is 2.03. The van der Waals surface area contributed by atoms with Gasteiger partial charge in [-0.05, 0) is 62.1 Å². The molecule has 4 heteroatoms. The molecule has 0 atom stereocenters. The standard InChI is InChI=1S/C24H16O4/c1-2-28-24(27)20-12-10-18-13-5-3-7-15-19(23(25)26)11-9-17(21(13)15)14-6-4-8-16(20)22(14)18/h3-12H,2H2,1H3,(H,25,26). The molecule has 5 rings (SSSR count). The lowest BCUT2D eigenvalue weighted by atomic mass is 9.87. The number of carbonyl (C=O) groups excluding carboxylic acids is 1. The van der Waals surface area contributed by atoms with Crippen molar-refractivity contribution in [2.24, 2.45) is 0 Å². The van der Waals surface area contributed by atoms with Crippen LogP contribution in [0.25, 0.3) is 43.1 Å². The molecule has 0 saturated carbocycles. The first kappa shape index (κ1) is 16.5. The average Bonchev–Trinajstić information content (AvgIpc) is 2.71. The van der Waals surface area contributed by atoms with Crippen LogP contribution in [0.15, 0.2) is 60.7 Å². The van der Waals surface area contributed by atoms with Crippen molar-refractivity contribution in [3.63, 3.8) is 0 Å². The normalized spacial score (nSPS) is 11.6. The van der Waals surface area contributed by atoms with E-state index in [1.165, 1.54) is 0 Å².